The Morgan fingerprint density at radius 1 is 1.43 bits per heavy atom. The van der Waals surface area contributed by atoms with Gasteiger partial charge in [0, 0.05) is 19.1 Å². The van der Waals surface area contributed by atoms with Gasteiger partial charge in [-0.05, 0) is 24.3 Å². The maximum Gasteiger partial charge on any atom is 0.407 e. The number of ether oxygens (including phenoxy) is 1. The fourth-order valence-corrected chi connectivity index (χ4v) is 2.96. The summed E-state index contributed by atoms with van der Waals surface area (Å²) in [5.41, 5.74) is 1.29. The van der Waals surface area contributed by atoms with Crippen LogP contribution in [0.4, 0.5) is 4.79 Å². The van der Waals surface area contributed by atoms with Gasteiger partial charge in [-0.15, -0.1) is 0 Å². The molecule has 1 aliphatic rings. The molecule has 112 valence electrons. The van der Waals surface area contributed by atoms with Gasteiger partial charge in [0.15, 0.2) is 0 Å². The normalized spacial score (nSPS) is 22.3. The Kier molecular flexibility index (Phi) is 5.59. The third kappa shape index (κ3) is 4.76. The molecule has 2 unspecified atom stereocenters. The van der Waals surface area contributed by atoms with E-state index in [1.54, 1.807) is 0 Å². The van der Waals surface area contributed by atoms with Crippen molar-refractivity contribution in [3.05, 3.63) is 35.9 Å². The van der Waals surface area contributed by atoms with Crippen LogP contribution in [0.3, 0.4) is 0 Å². The molecule has 1 amide bonds. The van der Waals surface area contributed by atoms with Crippen molar-refractivity contribution in [2.75, 3.05) is 26.7 Å². The zero-order valence-corrected chi connectivity index (χ0v) is 12.3. The SMILES string of the molecule is COC(=O)NC1CC(Cc2ccccc2)CN(CC#N)C1. The first kappa shape index (κ1) is 15.3. The van der Waals surface area contributed by atoms with Crippen LogP contribution in [0.2, 0.25) is 0 Å². The van der Waals surface area contributed by atoms with E-state index in [-0.39, 0.29) is 6.04 Å². The second-order valence-corrected chi connectivity index (χ2v) is 5.48. The van der Waals surface area contributed by atoms with Gasteiger partial charge in [0.25, 0.3) is 0 Å². The standard InChI is InChI=1S/C16H21N3O2/c1-21-16(20)18-15-10-14(11-19(12-15)8-7-17)9-13-5-3-2-4-6-13/h2-6,14-15H,8-12H2,1H3,(H,18,20). The van der Waals surface area contributed by atoms with E-state index in [1.807, 2.05) is 18.2 Å². The molecule has 1 fully saturated rings. The molecule has 5 nitrogen and oxygen atoms in total. The predicted octanol–water partition coefficient (Wildman–Crippen LogP) is 1.80. The maximum absolute atomic E-state index is 11.4. The number of methoxy groups -OCH3 is 1. The predicted molar refractivity (Wildman–Crippen MR) is 79.6 cm³/mol. The van der Waals surface area contributed by atoms with Crippen LogP contribution >= 0.6 is 0 Å². The van der Waals surface area contributed by atoms with Crippen LogP contribution in [0.1, 0.15) is 12.0 Å². The minimum absolute atomic E-state index is 0.0354. The van der Waals surface area contributed by atoms with Gasteiger partial charge >= 0.3 is 6.09 Å². The molecule has 1 saturated heterocycles. The summed E-state index contributed by atoms with van der Waals surface area (Å²) < 4.78 is 4.67. The molecule has 2 rings (SSSR count). The number of carbonyl (C=O) groups excluding carboxylic acids is 1. The molecule has 5 heteroatoms. The number of hydrogen-bond donors (Lipinski definition) is 1. The Labute approximate surface area is 125 Å². The number of carbonyl (C=O) groups is 1. The molecule has 2 atom stereocenters. The van der Waals surface area contributed by atoms with E-state index in [2.05, 4.69) is 33.2 Å². The zero-order chi connectivity index (χ0) is 15.1. The maximum atomic E-state index is 11.4. The summed E-state index contributed by atoms with van der Waals surface area (Å²) in [6.07, 6.45) is 1.46. The van der Waals surface area contributed by atoms with Crippen molar-refractivity contribution in [1.82, 2.24) is 10.2 Å². The van der Waals surface area contributed by atoms with Gasteiger partial charge in [0.1, 0.15) is 0 Å². The zero-order valence-electron chi connectivity index (χ0n) is 12.3. The number of benzene rings is 1. The summed E-state index contributed by atoms with van der Waals surface area (Å²) in [7, 11) is 1.37. The number of nitrogens with one attached hydrogen (secondary N) is 1. The molecule has 0 spiro atoms. The molecule has 0 saturated carbocycles. The smallest absolute Gasteiger partial charge is 0.407 e. The fourth-order valence-electron chi connectivity index (χ4n) is 2.96. The van der Waals surface area contributed by atoms with E-state index in [0.29, 0.717) is 19.0 Å². The van der Waals surface area contributed by atoms with E-state index < -0.39 is 6.09 Å². The third-order valence-corrected chi connectivity index (χ3v) is 3.78. The van der Waals surface area contributed by atoms with Gasteiger partial charge in [-0.2, -0.15) is 5.26 Å². The lowest BCUT2D eigenvalue weighted by Crippen LogP contribution is -2.51. The van der Waals surface area contributed by atoms with Crippen LogP contribution in [0, 0.1) is 17.2 Å². The highest BCUT2D eigenvalue weighted by molar-refractivity contribution is 5.67. The van der Waals surface area contributed by atoms with Gasteiger partial charge in [-0.25, -0.2) is 4.79 Å². The van der Waals surface area contributed by atoms with Gasteiger partial charge < -0.3 is 10.1 Å². The number of alkyl carbamates (subject to hydrolysis) is 1. The Balaban J connectivity index is 1.99. The van der Waals surface area contributed by atoms with Crippen LogP contribution in [0.25, 0.3) is 0 Å². The molecule has 1 aliphatic heterocycles. The lowest BCUT2D eigenvalue weighted by molar-refractivity contribution is 0.132. The molecule has 0 aromatic heterocycles. The lowest BCUT2D eigenvalue weighted by atomic mass is 9.89. The topological polar surface area (TPSA) is 65.4 Å². The van der Waals surface area contributed by atoms with E-state index in [0.717, 1.165) is 19.4 Å². The first-order chi connectivity index (χ1) is 10.2. The van der Waals surface area contributed by atoms with Crippen LogP contribution in [0.5, 0.6) is 0 Å². The van der Waals surface area contributed by atoms with Crippen molar-refractivity contribution in [1.29, 1.82) is 5.26 Å². The molecule has 1 N–H and O–H groups in total. The van der Waals surface area contributed by atoms with Gasteiger partial charge in [-0.1, -0.05) is 30.3 Å². The summed E-state index contributed by atoms with van der Waals surface area (Å²) in [6.45, 7) is 1.99. The molecule has 1 aromatic carbocycles. The molecule has 1 heterocycles. The monoisotopic (exact) mass is 287 g/mol. The molecular formula is C16H21N3O2. The highest BCUT2D eigenvalue weighted by Gasteiger charge is 2.28. The van der Waals surface area contributed by atoms with E-state index in [9.17, 15) is 4.79 Å². The molecule has 0 aliphatic carbocycles. The van der Waals surface area contributed by atoms with Gasteiger partial charge in [0.05, 0.1) is 19.7 Å². The molecular weight excluding hydrogens is 266 g/mol. The molecule has 21 heavy (non-hydrogen) atoms. The van der Waals surface area contributed by atoms with Gasteiger partial charge in [0.2, 0.25) is 0 Å². The summed E-state index contributed by atoms with van der Waals surface area (Å²) >= 11 is 0. The van der Waals surface area contributed by atoms with Crippen LogP contribution < -0.4 is 5.32 Å². The van der Waals surface area contributed by atoms with Crippen LogP contribution in [-0.2, 0) is 11.2 Å². The summed E-state index contributed by atoms with van der Waals surface area (Å²) in [6, 6.07) is 12.5. The number of nitriles is 1. The minimum atomic E-state index is -0.405. The lowest BCUT2D eigenvalue weighted by Gasteiger charge is -2.36. The van der Waals surface area contributed by atoms with Crippen molar-refractivity contribution < 1.29 is 9.53 Å². The van der Waals surface area contributed by atoms with Gasteiger partial charge in [-0.3, -0.25) is 4.90 Å². The quantitative estimate of drug-likeness (QED) is 0.858. The number of amides is 1. The third-order valence-electron chi connectivity index (χ3n) is 3.78. The van der Waals surface area contributed by atoms with E-state index in [4.69, 9.17) is 5.26 Å². The summed E-state index contributed by atoms with van der Waals surface area (Å²) in [5.74, 6) is 0.427. The Morgan fingerprint density at radius 3 is 2.86 bits per heavy atom. The Hall–Kier alpha value is -2.06. The number of nitrogens with zero attached hydrogens (tertiary/aromatic N) is 2. The summed E-state index contributed by atoms with van der Waals surface area (Å²) in [5, 5.41) is 11.8. The molecule has 0 bridgehead atoms. The first-order valence-corrected chi connectivity index (χ1v) is 7.19. The molecule has 0 radical (unpaired) electrons. The summed E-state index contributed by atoms with van der Waals surface area (Å²) in [4.78, 5) is 13.5. The highest BCUT2D eigenvalue weighted by atomic mass is 16.5. The largest absolute Gasteiger partial charge is 0.453 e. The fraction of sp³-hybridized carbons (Fsp3) is 0.500. The Bertz CT molecular complexity index is 498. The first-order valence-electron chi connectivity index (χ1n) is 7.19. The minimum Gasteiger partial charge on any atom is -0.453 e. The van der Waals surface area contributed by atoms with E-state index >= 15 is 0 Å². The van der Waals surface area contributed by atoms with Crippen molar-refractivity contribution in [3.8, 4) is 6.07 Å². The second-order valence-electron chi connectivity index (χ2n) is 5.48. The number of piperidine rings is 1. The van der Waals surface area contributed by atoms with Crippen molar-refractivity contribution in [3.63, 3.8) is 0 Å². The number of likely N-dealkylation sites (tertiary alicyclic amines) is 1. The van der Waals surface area contributed by atoms with Crippen molar-refractivity contribution >= 4 is 6.09 Å². The average molecular weight is 287 g/mol. The number of hydrogen-bond acceptors (Lipinski definition) is 4. The van der Waals surface area contributed by atoms with Crippen LogP contribution in [0.15, 0.2) is 30.3 Å². The molecule has 1 aromatic rings. The van der Waals surface area contributed by atoms with Crippen LogP contribution in [-0.4, -0.2) is 43.8 Å². The second kappa shape index (κ2) is 7.65. The Morgan fingerprint density at radius 2 is 2.19 bits per heavy atom. The van der Waals surface area contributed by atoms with Crippen molar-refractivity contribution in [2.45, 2.75) is 18.9 Å². The number of rotatable bonds is 4. The highest BCUT2D eigenvalue weighted by Crippen LogP contribution is 2.21. The van der Waals surface area contributed by atoms with Crippen molar-refractivity contribution in [2.24, 2.45) is 5.92 Å². The van der Waals surface area contributed by atoms with E-state index in [1.165, 1.54) is 12.7 Å². The average Bonchev–Trinajstić information content (AvgIpc) is 2.48.